The second kappa shape index (κ2) is 8.19. The fourth-order valence-corrected chi connectivity index (χ4v) is 2.50. The number of H-pyrrole nitrogens is 1. The average molecular weight is 341 g/mol. The lowest BCUT2D eigenvalue weighted by molar-refractivity contribution is 0.314. The van der Waals surface area contributed by atoms with Crippen molar-refractivity contribution < 1.29 is 4.74 Å². The standard InChI is InChI=1S/C15H21ClN4OS/c1-3-5-14-18-19-15(22)20(14)17-10-11-9-12(16)6-7-13(11)21-8-4-2/h6-7,9,17H,3-5,8,10H2,1-2H3,(H,19,22). The summed E-state index contributed by atoms with van der Waals surface area (Å²) in [4.78, 5) is 0. The highest BCUT2D eigenvalue weighted by atomic mass is 35.5. The Hall–Kier alpha value is -1.53. The first-order valence-electron chi connectivity index (χ1n) is 7.47. The molecule has 1 heterocycles. The van der Waals surface area contributed by atoms with Gasteiger partial charge in [0.1, 0.15) is 5.75 Å². The van der Waals surface area contributed by atoms with Crippen LogP contribution in [0.25, 0.3) is 0 Å². The molecule has 0 bridgehead atoms. The van der Waals surface area contributed by atoms with Crippen LogP contribution in [-0.4, -0.2) is 21.5 Å². The molecule has 0 aliphatic rings. The zero-order valence-electron chi connectivity index (χ0n) is 12.9. The van der Waals surface area contributed by atoms with E-state index in [-0.39, 0.29) is 0 Å². The summed E-state index contributed by atoms with van der Waals surface area (Å²) in [6.07, 6.45) is 2.82. The van der Waals surface area contributed by atoms with Crippen molar-refractivity contribution in [3.8, 4) is 5.75 Å². The van der Waals surface area contributed by atoms with Crippen molar-refractivity contribution in [3.63, 3.8) is 0 Å². The highest BCUT2D eigenvalue weighted by molar-refractivity contribution is 7.71. The smallest absolute Gasteiger partial charge is 0.214 e. The monoisotopic (exact) mass is 340 g/mol. The maximum absolute atomic E-state index is 6.09. The largest absolute Gasteiger partial charge is 0.493 e. The van der Waals surface area contributed by atoms with E-state index in [0.717, 1.165) is 36.4 Å². The summed E-state index contributed by atoms with van der Waals surface area (Å²) in [5, 5.41) is 7.73. The minimum absolute atomic E-state index is 0.557. The van der Waals surface area contributed by atoms with Crippen LogP contribution in [0.1, 0.15) is 38.1 Å². The van der Waals surface area contributed by atoms with Crippen LogP contribution >= 0.6 is 23.8 Å². The Morgan fingerprint density at radius 3 is 2.91 bits per heavy atom. The number of nitrogens with one attached hydrogen (secondary N) is 2. The molecular weight excluding hydrogens is 320 g/mol. The second-order valence-corrected chi connectivity index (χ2v) is 5.79. The van der Waals surface area contributed by atoms with Crippen molar-refractivity contribution in [1.29, 1.82) is 0 Å². The van der Waals surface area contributed by atoms with Crippen molar-refractivity contribution in [2.75, 3.05) is 12.0 Å². The normalized spacial score (nSPS) is 10.7. The Morgan fingerprint density at radius 2 is 2.18 bits per heavy atom. The molecule has 7 heteroatoms. The third-order valence-corrected chi connectivity index (χ3v) is 3.64. The van der Waals surface area contributed by atoms with Crippen LogP contribution in [0.4, 0.5) is 0 Å². The van der Waals surface area contributed by atoms with Crippen molar-refractivity contribution in [2.45, 2.75) is 39.7 Å². The van der Waals surface area contributed by atoms with Gasteiger partial charge < -0.3 is 10.2 Å². The number of aryl methyl sites for hydroxylation is 1. The predicted molar refractivity (Wildman–Crippen MR) is 91.7 cm³/mol. The van der Waals surface area contributed by atoms with Gasteiger partial charge in [0.15, 0.2) is 5.82 Å². The third kappa shape index (κ3) is 4.24. The lowest BCUT2D eigenvalue weighted by atomic mass is 10.2. The summed E-state index contributed by atoms with van der Waals surface area (Å²) in [7, 11) is 0. The number of aromatic amines is 1. The molecule has 1 aromatic heterocycles. The first-order chi connectivity index (χ1) is 10.7. The molecule has 120 valence electrons. The van der Waals surface area contributed by atoms with Crippen LogP contribution in [-0.2, 0) is 13.0 Å². The summed E-state index contributed by atoms with van der Waals surface area (Å²) in [6.45, 7) is 5.43. The van der Waals surface area contributed by atoms with Gasteiger partial charge in [-0.1, -0.05) is 25.4 Å². The summed E-state index contributed by atoms with van der Waals surface area (Å²) in [6, 6.07) is 5.64. The van der Waals surface area contributed by atoms with Gasteiger partial charge in [0.2, 0.25) is 4.77 Å². The van der Waals surface area contributed by atoms with E-state index in [0.29, 0.717) is 22.9 Å². The van der Waals surface area contributed by atoms with E-state index in [9.17, 15) is 0 Å². The zero-order valence-corrected chi connectivity index (χ0v) is 14.4. The lowest BCUT2D eigenvalue weighted by Gasteiger charge is -2.14. The minimum Gasteiger partial charge on any atom is -0.493 e. The molecule has 2 N–H and O–H groups in total. The summed E-state index contributed by atoms with van der Waals surface area (Å²) >= 11 is 11.4. The van der Waals surface area contributed by atoms with E-state index in [4.69, 9.17) is 28.6 Å². The highest BCUT2D eigenvalue weighted by Crippen LogP contribution is 2.23. The lowest BCUT2D eigenvalue weighted by Crippen LogP contribution is -2.18. The molecular formula is C15H21ClN4OS. The van der Waals surface area contributed by atoms with Gasteiger partial charge in [-0.15, -0.1) is 0 Å². The number of benzene rings is 1. The molecule has 0 saturated heterocycles. The van der Waals surface area contributed by atoms with Gasteiger partial charge in [0.25, 0.3) is 0 Å². The van der Waals surface area contributed by atoms with Gasteiger partial charge in [-0.05, 0) is 43.3 Å². The van der Waals surface area contributed by atoms with Crippen LogP contribution in [0.5, 0.6) is 5.75 Å². The molecule has 0 atom stereocenters. The number of aromatic nitrogens is 3. The highest BCUT2D eigenvalue weighted by Gasteiger charge is 2.08. The van der Waals surface area contributed by atoms with E-state index in [1.807, 2.05) is 22.9 Å². The Kier molecular flexibility index (Phi) is 6.27. The Morgan fingerprint density at radius 1 is 1.36 bits per heavy atom. The fraction of sp³-hybridized carbons (Fsp3) is 0.467. The van der Waals surface area contributed by atoms with Gasteiger partial charge in [0.05, 0.1) is 13.2 Å². The number of nitrogens with zero attached hydrogens (tertiary/aromatic N) is 2. The van der Waals surface area contributed by atoms with Crippen LogP contribution in [0, 0.1) is 4.77 Å². The van der Waals surface area contributed by atoms with Gasteiger partial charge in [-0.25, -0.2) is 4.68 Å². The molecule has 0 saturated carbocycles. The Balaban J connectivity index is 2.15. The molecule has 0 unspecified atom stereocenters. The molecule has 0 fully saturated rings. The Bertz CT molecular complexity index is 668. The second-order valence-electron chi connectivity index (χ2n) is 4.97. The van der Waals surface area contributed by atoms with Crippen molar-refractivity contribution in [2.24, 2.45) is 0 Å². The maximum Gasteiger partial charge on any atom is 0.214 e. The van der Waals surface area contributed by atoms with Crippen molar-refractivity contribution in [1.82, 2.24) is 14.9 Å². The number of halogens is 1. The molecule has 1 aromatic carbocycles. The van der Waals surface area contributed by atoms with Crippen LogP contribution in [0.2, 0.25) is 5.02 Å². The molecule has 0 spiro atoms. The van der Waals surface area contributed by atoms with Crippen LogP contribution in [0.3, 0.4) is 0 Å². The first kappa shape index (κ1) is 16.8. The summed E-state index contributed by atoms with van der Waals surface area (Å²) in [5.41, 5.74) is 4.28. The van der Waals surface area contributed by atoms with Crippen LogP contribution in [0.15, 0.2) is 18.2 Å². The van der Waals surface area contributed by atoms with E-state index in [1.165, 1.54) is 0 Å². The summed E-state index contributed by atoms with van der Waals surface area (Å²) in [5.74, 6) is 1.73. The van der Waals surface area contributed by atoms with E-state index >= 15 is 0 Å². The average Bonchev–Trinajstić information content (AvgIpc) is 2.85. The van der Waals surface area contributed by atoms with Crippen molar-refractivity contribution >= 4 is 23.8 Å². The Labute approximate surface area is 140 Å². The molecule has 5 nitrogen and oxygen atoms in total. The van der Waals surface area contributed by atoms with E-state index < -0.39 is 0 Å². The summed E-state index contributed by atoms with van der Waals surface area (Å²) < 4.78 is 8.13. The number of rotatable bonds is 8. The maximum atomic E-state index is 6.09. The van der Waals surface area contributed by atoms with Gasteiger partial charge >= 0.3 is 0 Å². The molecule has 0 aliphatic carbocycles. The fourth-order valence-electron chi connectivity index (χ4n) is 2.09. The number of hydrogen-bond acceptors (Lipinski definition) is 4. The number of hydrogen-bond donors (Lipinski definition) is 2. The van der Waals surface area contributed by atoms with E-state index in [2.05, 4.69) is 29.5 Å². The third-order valence-electron chi connectivity index (χ3n) is 3.13. The predicted octanol–water partition coefficient (Wildman–Crippen LogP) is 4.08. The zero-order chi connectivity index (χ0) is 15.9. The molecule has 0 aliphatic heterocycles. The minimum atomic E-state index is 0.557. The number of ether oxygens (including phenoxy) is 1. The SMILES string of the molecule is CCCOc1ccc(Cl)cc1CNn1c(CCC)n[nH]c1=S. The molecule has 0 radical (unpaired) electrons. The molecule has 0 amide bonds. The van der Waals surface area contributed by atoms with E-state index in [1.54, 1.807) is 0 Å². The molecule has 2 aromatic rings. The van der Waals surface area contributed by atoms with Gasteiger partial charge in [0, 0.05) is 17.0 Å². The van der Waals surface area contributed by atoms with Crippen molar-refractivity contribution in [3.05, 3.63) is 39.4 Å². The van der Waals surface area contributed by atoms with Gasteiger partial charge in [-0.3, -0.25) is 5.10 Å². The quantitative estimate of drug-likeness (QED) is 0.711. The first-order valence-corrected chi connectivity index (χ1v) is 8.25. The van der Waals surface area contributed by atoms with Gasteiger partial charge in [-0.2, -0.15) is 5.10 Å². The molecule has 22 heavy (non-hydrogen) atoms. The van der Waals surface area contributed by atoms with Crippen LogP contribution < -0.4 is 10.2 Å². The molecule has 2 rings (SSSR count). The topological polar surface area (TPSA) is 54.9 Å².